The number of halogens is 1. The van der Waals surface area contributed by atoms with Gasteiger partial charge >= 0.3 is 0 Å². The summed E-state index contributed by atoms with van der Waals surface area (Å²) in [5.74, 6) is -0.271. The minimum absolute atomic E-state index is 0.176. The van der Waals surface area contributed by atoms with Crippen molar-refractivity contribution in [2.75, 3.05) is 5.32 Å². The number of rotatable bonds is 4. The normalized spacial score (nSPS) is 15.8. The number of fused-ring (bicyclic) bond motifs is 1. The molecular formula is C25H18ClN3O2S2. The Labute approximate surface area is 202 Å². The molecule has 2 aromatic heterocycles. The predicted molar refractivity (Wildman–Crippen MR) is 135 cm³/mol. The summed E-state index contributed by atoms with van der Waals surface area (Å²) in [4.78, 5) is 33.0. The molecule has 0 saturated carbocycles. The average Bonchev–Trinajstić information content (AvgIpc) is 3.44. The van der Waals surface area contributed by atoms with E-state index in [1.807, 2.05) is 73.0 Å². The van der Waals surface area contributed by atoms with Gasteiger partial charge in [0, 0.05) is 15.6 Å². The Morgan fingerprint density at radius 2 is 1.85 bits per heavy atom. The molecule has 1 aliphatic rings. The number of aromatic nitrogens is 1. The highest BCUT2D eigenvalue weighted by atomic mass is 35.5. The van der Waals surface area contributed by atoms with Crippen molar-refractivity contribution in [2.45, 2.75) is 13.0 Å². The maximum absolute atomic E-state index is 13.5. The molecule has 1 atom stereocenters. The second-order valence-corrected chi connectivity index (χ2v) is 9.89. The zero-order valence-corrected chi connectivity index (χ0v) is 19.9. The summed E-state index contributed by atoms with van der Waals surface area (Å²) in [6.07, 6.45) is 1.83. The van der Waals surface area contributed by atoms with E-state index < -0.39 is 6.04 Å². The van der Waals surface area contributed by atoms with Gasteiger partial charge in [0.1, 0.15) is 6.04 Å². The zero-order valence-electron chi connectivity index (χ0n) is 17.5. The van der Waals surface area contributed by atoms with Gasteiger partial charge in [-0.3, -0.25) is 14.2 Å². The SMILES string of the molecule is CC1=C(C(=O)Nc2ccccc2)C(c2cccs2)n2c(sc(=Cc3ccc(Cl)cc3)c2=O)=N1. The third kappa shape index (κ3) is 4.23. The molecule has 0 spiro atoms. The summed E-state index contributed by atoms with van der Waals surface area (Å²) < 4.78 is 2.18. The van der Waals surface area contributed by atoms with Crippen molar-refractivity contribution in [3.63, 3.8) is 0 Å². The zero-order chi connectivity index (χ0) is 22.9. The monoisotopic (exact) mass is 491 g/mol. The molecule has 1 unspecified atom stereocenters. The Balaban J connectivity index is 1.65. The highest BCUT2D eigenvalue weighted by Gasteiger charge is 2.33. The van der Waals surface area contributed by atoms with Gasteiger partial charge < -0.3 is 5.32 Å². The fraction of sp³-hybridized carbons (Fsp3) is 0.0800. The van der Waals surface area contributed by atoms with Crippen LogP contribution in [0.5, 0.6) is 0 Å². The van der Waals surface area contributed by atoms with Crippen molar-refractivity contribution in [3.05, 3.63) is 119 Å². The molecule has 0 fully saturated rings. The third-order valence-electron chi connectivity index (χ3n) is 5.28. The van der Waals surface area contributed by atoms with E-state index in [0.717, 1.165) is 10.4 Å². The number of para-hydroxylation sites is 1. The van der Waals surface area contributed by atoms with Crippen LogP contribution in [0.2, 0.25) is 5.02 Å². The summed E-state index contributed by atoms with van der Waals surface area (Å²) in [7, 11) is 0. The van der Waals surface area contributed by atoms with Gasteiger partial charge in [-0.25, -0.2) is 4.99 Å². The summed E-state index contributed by atoms with van der Waals surface area (Å²) in [6, 6.07) is 19.9. The maximum Gasteiger partial charge on any atom is 0.271 e. The van der Waals surface area contributed by atoms with Crippen LogP contribution in [0.15, 0.2) is 93.2 Å². The quantitative estimate of drug-likeness (QED) is 0.454. The minimum atomic E-state index is -0.544. The number of carbonyl (C=O) groups excluding carboxylic acids is 1. The van der Waals surface area contributed by atoms with Gasteiger partial charge in [-0.1, -0.05) is 59.3 Å². The number of amides is 1. The number of thiophene rings is 1. The van der Waals surface area contributed by atoms with E-state index >= 15 is 0 Å². The fourth-order valence-electron chi connectivity index (χ4n) is 3.76. The first-order valence-corrected chi connectivity index (χ1v) is 12.3. The van der Waals surface area contributed by atoms with E-state index in [1.165, 1.54) is 22.7 Å². The number of anilines is 1. The predicted octanol–water partition coefficient (Wildman–Crippen LogP) is 4.59. The van der Waals surface area contributed by atoms with Crippen LogP contribution in [0.3, 0.4) is 0 Å². The molecule has 0 radical (unpaired) electrons. The second kappa shape index (κ2) is 8.94. The topological polar surface area (TPSA) is 63.5 Å². The lowest BCUT2D eigenvalue weighted by Crippen LogP contribution is -2.40. The molecule has 0 saturated heterocycles. The number of benzene rings is 2. The van der Waals surface area contributed by atoms with E-state index in [-0.39, 0.29) is 11.5 Å². The van der Waals surface area contributed by atoms with Crippen molar-refractivity contribution in [1.29, 1.82) is 0 Å². The third-order valence-corrected chi connectivity index (χ3v) is 7.44. The minimum Gasteiger partial charge on any atom is -0.322 e. The Bertz CT molecular complexity index is 1530. The summed E-state index contributed by atoms with van der Waals surface area (Å²) in [5.41, 5.74) is 2.44. The molecule has 0 aliphatic carbocycles. The molecule has 5 nitrogen and oxygen atoms in total. The first-order valence-electron chi connectivity index (χ1n) is 10.2. The highest BCUT2D eigenvalue weighted by molar-refractivity contribution is 7.10. The Morgan fingerprint density at radius 3 is 2.55 bits per heavy atom. The van der Waals surface area contributed by atoms with Crippen LogP contribution < -0.4 is 20.2 Å². The number of thiazole rings is 1. The Kier molecular flexibility index (Phi) is 5.85. The lowest BCUT2D eigenvalue weighted by molar-refractivity contribution is -0.113. The van der Waals surface area contributed by atoms with Crippen molar-refractivity contribution in [1.82, 2.24) is 4.57 Å². The van der Waals surface area contributed by atoms with Gasteiger partial charge in [0.15, 0.2) is 4.80 Å². The van der Waals surface area contributed by atoms with E-state index in [0.29, 0.717) is 31.3 Å². The van der Waals surface area contributed by atoms with Crippen LogP contribution in [0, 0.1) is 0 Å². The van der Waals surface area contributed by atoms with Crippen molar-refractivity contribution in [3.8, 4) is 0 Å². The molecule has 4 aromatic rings. The van der Waals surface area contributed by atoms with Crippen LogP contribution in [-0.4, -0.2) is 10.5 Å². The van der Waals surface area contributed by atoms with Gasteiger partial charge in [-0.15, -0.1) is 11.3 Å². The van der Waals surface area contributed by atoms with E-state index in [9.17, 15) is 9.59 Å². The molecule has 1 aliphatic heterocycles. The second-order valence-electron chi connectivity index (χ2n) is 7.47. The smallest absolute Gasteiger partial charge is 0.271 e. The number of nitrogens with zero attached hydrogens (tertiary/aromatic N) is 2. The lowest BCUT2D eigenvalue weighted by atomic mass is 10.0. The molecule has 8 heteroatoms. The van der Waals surface area contributed by atoms with Crippen LogP contribution in [0.4, 0.5) is 5.69 Å². The molecular weight excluding hydrogens is 474 g/mol. The Hall–Kier alpha value is -3.26. The van der Waals surface area contributed by atoms with Crippen LogP contribution in [0.1, 0.15) is 23.4 Å². The first kappa shape index (κ1) is 21.6. The molecule has 1 amide bonds. The number of nitrogens with one attached hydrogen (secondary N) is 1. The van der Waals surface area contributed by atoms with Gasteiger partial charge in [0.25, 0.3) is 11.5 Å². The number of hydrogen-bond donors (Lipinski definition) is 1. The molecule has 5 rings (SSSR count). The maximum atomic E-state index is 13.5. The summed E-state index contributed by atoms with van der Waals surface area (Å²) in [5, 5.41) is 5.53. The van der Waals surface area contributed by atoms with Crippen LogP contribution >= 0.6 is 34.3 Å². The molecule has 33 heavy (non-hydrogen) atoms. The molecule has 2 aromatic carbocycles. The highest BCUT2D eigenvalue weighted by Crippen LogP contribution is 2.33. The van der Waals surface area contributed by atoms with Crippen molar-refractivity contribution in [2.24, 2.45) is 4.99 Å². The lowest BCUT2D eigenvalue weighted by Gasteiger charge is -2.24. The fourth-order valence-corrected chi connectivity index (χ4v) is 5.75. The number of allylic oxidation sites excluding steroid dienone is 1. The first-order chi connectivity index (χ1) is 16.0. The van der Waals surface area contributed by atoms with E-state index in [4.69, 9.17) is 11.6 Å². The Morgan fingerprint density at radius 1 is 1.09 bits per heavy atom. The van der Waals surface area contributed by atoms with Crippen molar-refractivity contribution < 1.29 is 4.79 Å². The number of carbonyl (C=O) groups is 1. The van der Waals surface area contributed by atoms with E-state index in [2.05, 4.69) is 10.3 Å². The van der Waals surface area contributed by atoms with Crippen molar-refractivity contribution >= 4 is 51.9 Å². The summed E-state index contributed by atoms with van der Waals surface area (Å²) >= 11 is 8.82. The van der Waals surface area contributed by atoms with Gasteiger partial charge in [-0.05, 0) is 54.3 Å². The number of hydrogen-bond acceptors (Lipinski definition) is 5. The standard InChI is InChI=1S/C25H18ClN3O2S2/c1-15-21(23(30)28-18-6-3-2-4-7-18)22(19-8-5-13-32-19)29-24(31)20(33-25(29)27-15)14-16-9-11-17(26)12-10-16/h2-14,22H,1H3,(H,28,30). The molecule has 1 N–H and O–H groups in total. The summed E-state index contributed by atoms with van der Waals surface area (Å²) in [6.45, 7) is 1.82. The largest absolute Gasteiger partial charge is 0.322 e. The van der Waals surface area contributed by atoms with E-state index in [1.54, 1.807) is 16.7 Å². The van der Waals surface area contributed by atoms with Gasteiger partial charge in [0.2, 0.25) is 0 Å². The van der Waals surface area contributed by atoms with Gasteiger partial charge in [0.05, 0.1) is 15.8 Å². The average molecular weight is 492 g/mol. The molecule has 164 valence electrons. The van der Waals surface area contributed by atoms with Gasteiger partial charge in [-0.2, -0.15) is 0 Å². The van der Waals surface area contributed by atoms with Crippen LogP contribution in [0.25, 0.3) is 6.08 Å². The molecule has 0 bridgehead atoms. The molecule has 3 heterocycles. The van der Waals surface area contributed by atoms with Crippen LogP contribution in [-0.2, 0) is 4.79 Å².